The van der Waals surface area contributed by atoms with Gasteiger partial charge in [-0.25, -0.2) is 8.78 Å². The summed E-state index contributed by atoms with van der Waals surface area (Å²) in [6.45, 7) is 4.39. The molecule has 0 atom stereocenters. The Labute approximate surface area is 136 Å². The second-order valence-electron chi connectivity index (χ2n) is 7.23. The Kier molecular flexibility index (Phi) is 5.40. The molecule has 3 nitrogen and oxygen atoms in total. The zero-order valence-electron chi connectivity index (χ0n) is 13.8. The zero-order valence-corrected chi connectivity index (χ0v) is 13.8. The average molecular weight is 325 g/mol. The van der Waals surface area contributed by atoms with Crippen LogP contribution in [0.5, 0.6) is 0 Å². The Morgan fingerprint density at radius 2 is 1.96 bits per heavy atom. The van der Waals surface area contributed by atoms with Gasteiger partial charge in [-0.05, 0) is 30.7 Å². The van der Waals surface area contributed by atoms with Crippen molar-refractivity contribution in [3.8, 4) is 0 Å². The van der Waals surface area contributed by atoms with Crippen molar-refractivity contribution in [2.24, 2.45) is 5.41 Å². The lowest BCUT2D eigenvalue weighted by Gasteiger charge is -2.31. The van der Waals surface area contributed by atoms with Gasteiger partial charge in [-0.15, -0.1) is 0 Å². The topological polar surface area (TPSA) is 49.3 Å². The van der Waals surface area contributed by atoms with E-state index in [9.17, 15) is 13.6 Å². The quantitative estimate of drug-likeness (QED) is 0.843. The summed E-state index contributed by atoms with van der Waals surface area (Å²) in [5, 5.41) is 12.0. The van der Waals surface area contributed by atoms with Gasteiger partial charge in [0.15, 0.2) is 0 Å². The van der Waals surface area contributed by atoms with E-state index in [4.69, 9.17) is 5.11 Å². The second kappa shape index (κ2) is 6.95. The Morgan fingerprint density at radius 3 is 2.52 bits per heavy atom. The lowest BCUT2D eigenvalue weighted by molar-refractivity contribution is -0.127. The van der Waals surface area contributed by atoms with Gasteiger partial charge in [0.05, 0.1) is 5.41 Å². The van der Waals surface area contributed by atoms with Crippen molar-refractivity contribution in [3.05, 3.63) is 35.4 Å². The molecule has 1 aromatic rings. The second-order valence-corrected chi connectivity index (χ2v) is 7.23. The monoisotopic (exact) mass is 325 g/mol. The van der Waals surface area contributed by atoms with Gasteiger partial charge in [0.25, 0.3) is 0 Å². The fourth-order valence-electron chi connectivity index (χ4n) is 3.35. The molecule has 1 aromatic carbocycles. The summed E-state index contributed by atoms with van der Waals surface area (Å²) in [6, 6.07) is 3.45. The largest absolute Gasteiger partial charge is 0.396 e. The van der Waals surface area contributed by atoms with Crippen molar-refractivity contribution in [2.45, 2.75) is 51.4 Å². The molecule has 1 aliphatic rings. The predicted molar refractivity (Wildman–Crippen MR) is 85.0 cm³/mol. The van der Waals surface area contributed by atoms with Crippen LogP contribution in [0.15, 0.2) is 18.2 Å². The molecule has 23 heavy (non-hydrogen) atoms. The van der Waals surface area contributed by atoms with Crippen LogP contribution >= 0.6 is 0 Å². The van der Waals surface area contributed by atoms with Crippen LogP contribution in [0.3, 0.4) is 0 Å². The number of nitrogens with one attached hydrogen (secondary N) is 1. The molecule has 0 saturated heterocycles. The molecule has 1 amide bonds. The highest BCUT2D eigenvalue weighted by atomic mass is 19.1. The van der Waals surface area contributed by atoms with Gasteiger partial charge < -0.3 is 10.4 Å². The number of aliphatic hydroxyl groups excluding tert-OH is 1. The lowest BCUT2D eigenvalue weighted by atomic mass is 9.77. The molecule has 0 aliphatic heterocycles. The number of carbonyl (C=O) groups excluding carboxylic acids is 1. The van der Waals surface area contributed by atoms with Crippen LogP contribution in [0.2, 0.25) is 0 Å². The summed E-state index contributed by atoms with van der Waals surface area (Å²) in [7, 11) is 0. The van der Waals surface area contributed by atoms with E-state index in [1.165, 1.54) is 12.1 Å². The number of halogens is 2. The Balaban J connectivity index is 2.22. The van der Waals surface area contributed by atoms with Crippen LogP contribution in [0.1, 0.15) is 51.5 Å². The third-order valence-corrected chi connectivity index (χ3v) is 4.85. The van der Waals surface area contributed by atoms with Gasteiger partial charge in [0.1, 0.15) is 11.6 Å². The molecule has 2 N–H and O–H groups in total. The summed E-state index contributed by atoms with van der Waals surface area (Å²) >= 11 is 0. The van der Waals surface area contributed by atoms with E-state index in [1.807, 2.05) is 13.8 Å². The summed E-state index contributed by atoms with van der Waals surface area (Å²) in [6.07, 6.45) is 3.42. The lowest BCUT2D eigenvalue weighted by Crippen LogP contribution is -2.46. The van der Waals surface area contributed by atoms with Crippen LogP contribution in [0, 0.1) is 17.0 Å². The fourth-order valence-corrected chi connectivity index (χ4v) is 3.35. The zero-order chi connectivity index (χ0) is 17.1. The van der Waals surface area contributed by atoms with Crippen molar-refractivity contribution in [2.75, 3.05) is 13.2 Å². The van der Waals surface area contributed by atoms with Gasteiger partial charge in [-0.2, -0.15) is 0 Å². The first-order valence-electron chi connectivity index (χ1n) is 8.15. The molecule has 0 spiro atoms. The van der Waals surface area contributed by atoms with Crippen LogP contribution in [0.4, 0.5) is 8.78 Å². The molecule has 1 saturated carbocycles. The summed E-state index contributed by atoms with van der Waals surface area (Å²) in [5.41, 5.74) is -0.854. The number of carbonyl (C=O) groups is 1. The summed E-state index contributed by atoms with van der Waals surface area (Å²) in [4.78, 5) is 12.8. The highest BCUT2D eigenvalue weighted by Crippen LogP contribution is 2.42. The van der Waals surface area contributed by atoms with E-state index in [2.05, 4.69) is 5.32 Å². The Morgan fingerprint density at radius 1 is 1.30 bits per heavy atom. The molecular weight excluding hydrogens is 300 g/mol. The summed E-state index contributed by atoms with van der Waals surface area (Å²) in [5.74, 6) is -1.49. The van der Waals surface area contributed by atoms with Gasteiger partial charge >= 0.3 is 0 Å². The van der Waals surface area contributed by atoms with E-state index in [0.717, 1.165) is 18.9 Å². The molecule has 0 heterocycles. The van der Waals surface area contributed by atoms with Crippen molar-refractivity contribution in [1.29, 1.82) is 0 Å². The van der Waals surface area contributed by atoms with Crippen LogP contribution in [-0.2, 0) is 10.2 Å². The minimum Gasteiger partial charge on any atom is -0.396 e. The van der Waals surface area contributed by atoms with Crippen molar-refractivity contribution in [3.63, 3.8) is 0 Å². The molecule has 0 radical (unpaired) electrons. The van der Waals surface area contributed by atoms with Crippen LogP contribution < -0.4 is 5.32 Å². The third-order valence-electron chi connectivity index (χ3n) is 4.85. The highest BCUT2D eigenvalue weighted by Gasteiger charge is 2.44. The summed E-state index contributed by atoms with van der Waals surface area (Å²) < 4.78 is 27.4. The molecule has 0 aromatic heterocycles. The average Bonchev–Trinajstić information content (AvgIpc) is 2.95. The smallest absolute Gasteiger partial charge is 0.230 e. The molecule has 0 unspecified atom stereocenters. The van der Waals surface area contributed by atoms with E-state index in [0.29, 0.717) is 25.8 Å². The molecular formula is C18H25F2NO2. The van der Waals surface area contributed by atoms with E-state index < -0.39 is 17.0 Å². The first-order chi connectivity index (χ1) is 10.8. The molecule has 128 valence electrons. The number of amides is 1. The molecule has 2 rings (SSSR count). The Bertz CT molecular complexity index is 566. The predicted octanol–water partition coefficient (Wildman–Crippen LogP) is 3.30. The van der Waals surface area contributed by atoms with E-state index in [1.54, 1.807) is 0 Å². The normalized spacial score (nSPS) is 17.3. The molecule has 0 bridgehead atoms. The van der Waals surface area contributed by atoms with Gasteiger partial charge in [0, 0.05) is 24.8 Å². The minimum absolute atomic E-state index is 0.0562. The third kappa shape index (κ3) is 3.89. The molecule has 5 heteroatoms. The van der Waals surface area contributed by atoms with Gasteiger partial charge in [0.2, 0.25) is 5.91 Å². The van der Waals surface area contributed by atoms with E-state index in [-0.39, 0.29) is 23.5 Å². The van der Waals surface area contributed by atoms with Crippen LogP contribution in [-0.4, -0.2) is 24.2 Å². The van der Waals surface area contributed by atoms with Gasteiger partial charge in [-0.1, -0.05) is 32.8 Å². The maximum Gasteiger partial charge on any atom is 0.230 e. The SMILES string of the molecule is CC(C)(CCO)CNC(=O)C1(c2ccc(F)cc2F)CCCC1. The maximum absolute atomic E-state index is 14.2. The minimum atomic E-state index is -0.910. The molecule has 1 fully saturated rings. The Hall–Kier alpha value is -1.49. The number of rotatable bonds is 6. The van der Waals surface area contributed by atoms with Gasteiger partial charge in [-0.3, -0.25) is 4.79 Å². The standard InChI is InChI=1S/C18H25F2NO2/c1-17(2,9-10-22)12-21-16(23)18(7-3-4-8-18)14-6-5-13(19)11-15(14)20/h5-6,11,22H,3-4,7-10,12H2,1-2H3,(H,21,23). The van der Waals surface area contributed by atoms with Crippen LogP contribution in [0.25, 0.3) is 0 Å². The van der Waals surface area contributed by atoms with Crippen molar-refractivity contribution in [1.82, 2.24) is 5.32 Å². The number of hydrogen-bond donors (Lipinski definition) is 2. The van der Waals surface area contributed by atoms with Crippen molar-refractivity contribution < 1.29 is 18.7 Å². The number of aliphatic hydroxyl groups is 1. The fraction of sp³-hybridized carbons (Fsp3) is 0.611. The maximum atomic E-state index is 14.2. The molecule has 1 aliphatic carbocycles. The van der Waals surface area contributed by atoms with Crippen molar-refractivity contribution >= 4 is 5.91 Å². The number of benzene rings is 1. The number of hydrogen-bond acceptors (Lipinski definition) is 2. The first kappa shape index (κ1) is 17.9. The van der Waals surface area contributed by atoms with E-state index >= 15 is 0 Å². The first-order valence-corrected chi connectivity index (χ1v) is 8.15. The highest BCUT2D eigenvalue weighted by molar-refractivity contribution is 5.88.